The van der Waals surface area contributed by atoms with Gasteiger partial charge in [0, 0.05) is 35.2 Å². The predicted octanol–water partition coefficient (Wildman–Crippen LogP) is 4.57. The Morgan fingerprint density at radius 2 is 1.53 bits per heavy atom. The number of primary amides is 1. The van der Waals surface area contributed by atoms with Crippen LogP contribution < -0.4 is 32.7 Å². The molecule has 4 aromatic rings. The van der Waals surface area contributed by atoms with Crippen LogP contribution in [-0.4, -0.2) is 76.5 Å². The first kappa shape index (κ1) is 41.9. The van der Waals surface area contributed by atoms with Gasteiger partial charge in [-0.25, -0.2) is 4.98 Å². The first-order chi connectivity index (χ1) is 27.7. The van der Waals surface area contributed by atoms with Gasteiger partial charge in [0.25, 0.3) is 11.8 Å². The monoisotopic (exact) mass is 805 g/mol. The Morgan fingerprint density at radius 3 is 2.16 bits per heavy atom. The van der Waals surface area contributed by atoms with Crippen molar-refractivity contribution in [1.29, 1.82) is 0 Å². The summed E-state index contributed by atoms with van der Waals surface area (Å²) >= 11 is 0. The average molecular weight is 806 g/mol. The number of benzene rings is 3. The molecule has 0 spiro atoms. The molecule has 4 amide bonds. The van der Waals surface area contributed by atoms with Crippen LogP contribution in [0.1, 0.15) is 65.8 Å². The second-order valence-corrected chi connectivity index (χ2v) is 15.0. The molecule has 6 rings (SSSR count). The summed E-state index contributed by atoms with van der Waals surface area (Å²) in [5.41, 5.74) is 14.9. The average Bonchev–Trinajstić information content (AvgIpc) is 3.73. The number of anilines is 1. The second-order valence-electron chi connectivity index (χ2n) is 15.0. The number of rotatable bonds is 14. The van der Waals surface area contributed by atoms with Gasteiger partial charge in [0.15, 0.2) is 5.82 Å². The van der Waals surface area contributed by atoms with Crippen molar-refractivity contribution in [3.05, 3.63) is 89.2 Å². The maximum Gasteiger partial charge on any atom is 0.393 e. The zero-order valence-electron chi connectivity index (χ0n) is 31.9. The number of aryl methyl sites for hydroxylation is 1. The lowest BCUT2D eigenvalue weighted by atomic mass is 9.81. The van der Waals surface area contributed by atoms with E-state index in [0.717, 1.165) is 61.0 Å². The third-order valence-electron chi connectivity index (χ3n) is 10.9. The molecule has 1 aliphatic heterocycles. The van der Waals surface area contributed by atoms with Crippen molar-refractivity contribution >= 4 is 29.3 Å². The summed E-state index contributed by atoms with van der Waals surface area (Å²) in [5, 5.41) is 17.5. The molecule has 3 aromatic carbocycles. The predicted molar refractivity (Wildman–Crippen MR) is 209 cm³/mol. The van der Waals surface area contributed by atoms with Crippen LogP contribution in [0.15, 0.2) is 66.7 Å². The van der Waals surface area contributed by atoms with E-state index in [-0.39, 0.29) is 47.3 Å². The van der Waals surface area contributed by atoms with Crippen molar-refractivity contribution in [3.8, 4) is 22.5 Å². The first-order valence-corrected chi connectivity index (χ1v) is 19.3. The molecule has 2 heterocycles. The number of piperidine rings is 1. The van der Waals surface area contributed by atoms with E-state index < -0.39 is 35.5 Å². The quantitative estimate of drug-likeness (QED) is 0.0896. The van der Waals surface area contributed by atoms with Gasteiger partial charge < -0.3 is 32.7 Å². The number of carbonyl (C=O) groups is 4. The van der Waals surface area contributed by atoms with E-state index in [1.807, 2.05) is 49.4 Å². The van der Waals surface area contributed by atoms with Gasteiger partial charge in [0.05, 0.1) is 0 Å². The molecule has 1 atom stereocenters. The molecule has 2 aliphatic rings. The summed E-state index contributed by atoms with van der Waals surface area (Å²) in [6.07, 6.45) is 4.89. The highest BCUT2D eigenvalue weighted by Gasteiger charge is 2.64. The fourth-order valence-corrected chi connectivity index (χ4v) is 7.35. The molecule has 0 bridgehead atoms. The minimum absolute atomic E-state index is 0.101. The SMILES string of the molecule is Cc1cc(C(=O)NC2CCNCC2)ccc1-c1ccc(C[C@H](NC(=O)C2CCC(CN)CC2)C(=O)Nc2ccc(-c3n[nH]c(C(F)(F)C(F)(F)C(N)=O)n3)cc2)cc1. The highest BCUT2D eigenvalue weighted by Crippen LogP contribution is 2.41. The molecular weight excluding hydrogens is 759 g/mol. The third kappa shape index (κ3) is 9.53. The van der Waals surface area contributed by atoms with E-state index in [4.69, 9.17) is 5.73 Å². The van der Waals surface area contributed by atoms with Gasteiger partial charge in [-0.2, -0.15) is 22.7 Å². The largest absolute Gasteiger partial charge is 0.393 e. The van der Waals surface area contributed by atoms with Gasteiger partial charge in [0.2, 0.25) is 17.6 Å². The number of carbonyl (C=O) groups excluding carboxylic acids is 4. The number of alkyl halides is 4. The van der Waals surface area contributed by atoms with Gasteiger partial charge in [-0.1, -0.05) is 30.3 Å². The molecule has 9 N–H and O–H groups in total. The lowest BCUT2D eigenvalue weighted by Crippen LogP contribution is -2.49. The van der Waals surface area contributed by atoms with Gasteiger partial charge in [0.1, 0.15) is 6.04 Å². The van der Waals surface area contributed by atoms with E-state index in [2.05, 4.69) is 37.1 Å². The summed E-state index contributed by atoms with van der Waals surface area (Å²) < 4.78 is 56.3. The molecule has 1 saturated heterocycles. The Morgan fingerprint density at radius 1 is 0.879 bits per heavy atom. The fraction of sp³-hybridized carbons (Fsp3) is 0.415. The van der Waals surface area contributed by atoms with Crippen LogP contribution in [0.4, 0.5) is 23.2 Å². The molecule has 0 unspecified atom stereocenters. The summed E-state index contributed by atoms with van der Waals surface area (Å²) in [7, 11) is 0. The highest BCUT2D eigenvalue weighted by atomic mass is 19.3. The number of nitrogens with zero attached hydrogens (tertiary/aromatic N) is 2. The Labute approximate surface area is 332 Å². The van der Waals surface area contributed by atoms with Gasteiger partial charge >= 0.3 is 11.8 Å². The molecule has 308 valence electrons. The van der Waals surface area contributed by atoms with Crippen LogP contribution >= 0.6 is 0 Å². The van der Waals surface area contributed by atoms with E-state index in [0.29, 0.717) is 30.9 Å². The minimum atomic E-state index is -5.21. The van der Waals surface area contributed by atoms with Gasteiger partial charge in [-0.15, -0.1) is 0 Å². The standard InChI is InChI=1S/C41H47F4N9O4/c1-23-20-29(36(56)49-31-16-18-48-19-17-31)12-15-32(23)26-6-2-24(3-7-26)21-33(51-35(55)28-8-4-25(22-46)5-9-28)37(57)50-30-13-10-27(11-14-30)34-52-39(54-53-34)41(44,45)40(42,43)38(47)58/h2-3,6-7,10-15,20,25,28,31,33,48H,4-5,8-9,16-19,21-22,46H2,1H3,(H2,47,58)(H,49,56)(H,50,57)(H,51,55)(H,52,53,54)/t25?,28?,33-/m0/s1. The van der Waals surface area contributed by atoms with E-state index in [1.54, 1.807) is 5.10 Å². The topological polar surface area (TPSA) is 210 Å². The number of nitrogens with two attached hydrogens (primary N) is 2. The number of aromatic amines is 1. The van der Waals surface area contributed by atoms with Gasteiger partial charge in [-0.3, -0.25) is 24.3 Å². The molecule has 1 saturated carbocycles. The van der Waals surface area contributed by atoms with Crippen molar-refractivity contribution in [2.75, 3.05) is 25.0 Å². The first-order valence-electron chi connectivity index (χ1n) is 19.3. The van der Waals surface area contributed by atoms with E-state index in [1.165, 1.54) is 24.3 Å². The normalized spacial score (nSPS) is 18.2. The maximum atomic E-state index is 14.3. The van der Waals surface area contributed by atoms with E-state index in [9.17, 15) is 36.7 Å². The van der Waals surface area contributed by atoms with Gasteiger partial charge in [-0.05, 0) is 130 Å². The number of aromatic nitrogens is 3. The molecule has 0 radical (unpaired) electrons. The molecule has 2 fully saturated rings. The highest BCUT2D eigenvalue weighted by molar-refractivity contribution is 5.98. The molecule has 13 nitrogen and oxygen atoms in total. The molecule has 1 aliphatic carbocycles. The number of nitrogens with one attached hydrogen (secondary N) is 5. The van der Waals surface area contributed by atoms with Crippen molar-refractivity contribution in [2.24, 2.45) is 23.3 Å². The summed E-state index contributed by atoms with van der Waals surface area (Å²) in [5.74, 6) is -15.5. The zero-order chi connectivity index (χ0) is 41.6. The van der Waals surface area contributed by atoms with Crippen LogP contribution in [0, 0.1) is 18.8 Å². The van der Waals surface area contributed by atoms with Crippen LogP contribution in [-0.2, 0) is 26.7 Å². The smallest absolute Gasteiger partial charge is 0.364 e. The molecule has 17 heteroatoms. The van der Waals surface area contributed by atoms with Crippen molar-refractivity contribution in [1.82, 2.24) is 31.1 Å². The number of halogens is 4. The lowest BCUT2D eigenvalue weighted by Gasteiger charge is -2.28. The molecule has 1 aromatic heterocycles. The Kier molecular flexibility index (Phi) is 12.9. The molecule has 58 heavy (non-hydrogen) atoms. The van der Waals surface area contributed by atoms with Crippen LogP contribution in [0.5, 0.6) is 0 Å². The second kappa shape index (κ2) is 17.9. The minimum Gasteiger partial charge on any atom is -0.364 e. The Balaban J connectivity index is 1.15. The van der Waals surface area contributed by atoms with Crippen LogP contribution in [0.3, 0.4) is 0 Å². The van der Waals surface area contributed by atoms with Crippen LogP contribution in [0.25, 0.3) is 22.5 Å². The lowest BCUT2D eigenvalue weighted by molar-refractivity contribution is -0.215. The number of amides is 4. The van der Waals surface area contributed by atoms with Crippen molar-refractivity contribution in [3.63, 3.8) is 0 Å². The fourth-order valence-electron chi connectivity index (χ4n) is 7.35. The zero-order valence-corrected chi connectivity index (χ0v) is 31.9. The Hall–Kier alpha value is -5.68. The number of H-pyrrole nitrogens is 1. The third-order valence-corrected chi connectivity index (χ3v) is 10.9. The van der Waals surface area contributed by atoms with Crippen molar-refractivity contribution < 1.29 is 36.7 Å². The number of hydrogen-bond donors (Lipinski definition) is 7. The molecular formula is C41H47F4N9O4. The number of hydrogen-bond acceptors (Lipinski definition) is 8. The Bertz CT molecular complexity index is 2100. The summed E-state index contributed by atoms with van der Waals surface area (Å²) in [4.78, 5) is 54.6. The summed E-state index contributed by atoms with van der Waals surface area (Å²) in [6.45, 7) is 4.26. The van der Waals surface area contributed by atoms with Crippen LogP contribution in [0.2, 0.25) is 0 Å². The van der Waals surface area contributed by atoms with Crippen molar-refractivity contribution in [2.45, 2.75) is 75.8 Å². The summed E-state index contributed by atoms with van der Waals surface area (Å²) in [6, 6.07) is 18.0. The van der Waals surface area contributed by atoms with E-state index >= 15 is 0 Å². The maximum absolute atomic E-state index is 14.3.